The van der Waals surface area contributed by atoms with Gasteiger partial charge in [0.15, 0.2) is 0 Å². The van der Waals surface area contributed by atoms with Crippen molar-refractivity contribution in [2.24, 2.45) is 0 Å². The van der Waals surface area contributed by atoms with Crippen LogP contribution in [0.25, 0.3) is 0 Å². The number of hydrogen-bond acceptors (Lipinski definition) is 3. The van der Waals surface area contributed by atoms with Gasteiger partial charge < -0.3 is 14.3 Å². The molecule has 3 nitrogen and oxygen atoms in total. The number of hydrogen-bond donors (Lipinski definition) is 1. The quantitative estimate of drug-likeness (QED) is 0.891. The van der Waals surface area contributed by atoms with Crippen molar-refractivity contribution < 1.29 is 14.3 Å². The van der Waals surface area contributed by atoms with Crippen molar-refractivity contribution in [3.05, 3.63) is 22.1 Å². The van der Waals surface area contributed by atoms with Crippen molar-refractivity contribution in [2.45, 2.75) is 26.1 Å². The van der Waals surface area contributed by atoms with Crippen LogP contribution < -0.4 is 0 Å². The van der Waals surface area contributed by atoms with E-state index in [2.05, 4.69) is 15.9 Å². The normalized spacial score (nSPS) is 13.2. The molecule has 0 saturated carbocycles. The van der Waals surface area contributed by atoms with Gasteiger partial charge in [-0.2, -0.15) is 0 Å². The molecule has 0 radical (unpaired) electrons. The molecule has 1 heterocycles. The van der Waals surface area contributed by atoms with Gasteiger partial charge in [-0.1, -0.05) is 6.92 Å². The first-order valence-electron chi connectivity index (χ1n) is 4.14. The monoisotopic (exact) mass is 248 g/mol. The molecule has 0 saturated heterocycles. The summed E-state index contributed by atoms with van der Waals surface area (Å²) in [5, 5.41) is 9.53. The predicted molar refractivity (Wildman–Crippen MR) is 52.4 cm³/mol. The molecule has 0 aromatic carbocycles. The lowest BCUT2D eigenvalue weighted by Gasteiger charge is -2.03. The molecule has 0 unspecified atom stereocenters. The summed E-state index contributed by atoms with van der Waals surface area (Å²) in [4.78, 5) is 0. The first kappa shape index (κ1) is 10.8. The Labute approximate surface area is 85.8 Å². The largest absolute Gasteiger partial charge is 0.460 e. The van der Waals surface area contributed by atoms with E-state index in [-0.39, 0.29) is 0 Å². The van der Waals surface area contributed by atoms with Crippen LogP contribution in [-0.4, -0.2) is 12.2 Å². The second kappa shape index (κ2) is 4.79. The van der Waals surface area contributed by atoms with Crippen molar-refractivity contribution in [3.63, 3.8) is 0 Å². The predicted octanol–water partition coefficient (Wildman–Crippen LogP) is 2.63. The molecule has 0 aliphatic heterocycles. The lowest BCUT2D eigenvalue weighted by molar-refractivity contribution is 0.128. The Morgan fingerprint density at radius 3 is 2.92 bits per heavy atom. The summed E-state index contributed by atoms with van der Waals surface area (Å²) in [7, 11) is 1.60. The fraction of sp³-hybridized carbons (Fsp3) is 0.556. The number of furan rings is 1. The molecule has 0 aliphatic carbocycles. The van der Waals surface area contributed by atoms with E-state index >= 15 is 0 Å². The molecule has 1 atom stereocenters. The van der Waals surface area contributed by atoms with Crippen LogP contribution in [0.2, 0.25) is 0 Å². The number of aliphatic hydroxyl groups excluding tert-OH is 1. The van der Waals surface area contributed by atoms with E-state index in [1.165, 1.54) is 0 Å². The Morgan fingerprint density at radius 2 is 2.38 bits per heavy atom. The average Bonchev–Trinajstić information content (AvgIpc) is 2.46. The Bertz CT molecular complexity index is 270. The minimum Gasteiger partial charge on any atom is -0.460 e. The molecule has 13 heavy (non-hydrogen) atoms. The molecular weight excluding hydrogens is 236 g/mol. The van der Waals surface area contributed by atoms with Crippen molar-refractivity contribution >= 4 is 15.9 Å². The zero-order valence-corrected chi connectivity index (χ0v) is 9.30. The first-order chi connectivity index (χ1) is 6.19. The highest BCUT2D eigenvalue weighted by atomic mass is 79.9. The van der Waals surface area contributed by atoms with E-state index in [0.717, 1.165) is 10.2 Å². The van der Waals surface area contributed by atoms with E-state index in [1.54, 1.807) is 7.11 Å². The molecule has 4 heteroatoms. The first-order valence-corrected chi connectivity index (χ1v) is 4.93. The minimum absolute atomic E-state index is 0.426. The molecule has 1 N–H and O–H groups in total. The Hall–Kier alpha value is -0.320. The molecule has 1 rings (SSSR count). The van der Waals surface area contributed by atoms with Crippen LogP contribution in [0, 0.1) is 0 Å². The molecule has 0 bridgehead atoms. The third-order valence-corrected chi connectivity index (χ3v) is 2.36. The molecule has 0 amide bonds. The van der Waals surface area contributed by atoms with Crippen LogP contribution in [0.4, 0.5) is 0 Å². The fourth-order valence-electron chi connectivity index (χ4n) is 1.06. The van der Waals surface area contributed by atoms with E-state index in [0.29, 0.717) is 18.8 Å². The maximum atomic E-state index is 9.53. The van der Waals surface area contributed by atoms with Gasteiger partial charge in [-0.05, 0) is 28.4 Å². The van der Waals surface area contributed by atoms with Gasteiger partial charge in [-0.3, -0.25) is 0 Å². The maximum absolute atomic E-state index is 9.53. The number of aliphatic hydroxyl groups is 1. The molecule has 1 aromatic rings. The molecule has 0 fully saturated rings. The van der Waals surface area contributed by atoms with Gasteiger partial charge in [-0.25, -0.2) is 0 Å². The summed E-state index contributed by atoms with van der Waals surface area (Å²) < 4.78 is 11.1. The molecular formula is C9H13BrO3. The maximum Gasteiger partial charge on any atom is 0.146 e. The summed E-state index contributed by atoms with van der Waals surface area (Å²) >= 11 is 3.32. The van der Waals surface area contributed by atoms with Crippen LogP contribution in [0.5, 0.6) is 0 Å². The van der Waals surface area contributed by atoms with Gasteiger partial charge in [0, 0.05) is 7.11 Å². The SMILES string of the molecule is CC[C@@H](O)c1oc(COC)cc1Br. The Morgan fingerprint density at radius 1 is 1.69 bits per heavy atom. The smallest absolute Gasteiger partial charge is 0.146 e. The number of halogens is 1. The molecule has 1 aromatic heterocycles. The van der Waals surface area contributed by atoms with Gasteiger partial charge in [0.25, 0.3) is 0 Å². The Balaban J connectivity index is 2.82. The number of ether oxygens (including phenoxy) is 1. The summed E-state index contributed by atoms with van der Waals surface area (Å²) in [6.07, 6.45) is 0.0958. The second-order valence-corrected chi connectivity index (χ2v) is 3.64. The molecule has 0 spiro atoms. The third kappa shape index (κ3) is 2.56. The highest BCUT2D eigenvalue weighted by molar-refractivity contribution is 9.10. The Kier molecular flexibility index (Phi) is 3.96. The molecule has 0 aliphatic rings. The highest BCUT2D eigenvalue weighted by Crippen LogP contribution is 2.29. The van der Waals surface area contributed by atoms with E-state index in [4.69, 9.17) is 9.15 Å². The van der Waals surface area contributed by atoms with Gasteiger partial charge in [0.2, 0.25) is 0 Å². The summed E-state index contributed by atoms with van der Waals surface area (Å²) in [5.74, 6) is 1.30. The van der Waals surface area contributed by atoms with Gasteiger partial charge in [0.1, 0.15) is 24.2 Å². The van der Waals surface area contributed by atoms with Gasteiger partial charge >= 0.3 is 0 Å². The lowest BCUT2D eigenvalue weighted by atomic mass is 10.2. The van der Waals surface area contributed by atoms with E-state index in [1.807, 2.05) is 13.0 Å². The zero-order valence-electron chi connectivity index (χ0n) is 7.71. The van der Waals surface area contributed by atoms with E-state index in [9.17, 15) is 5.11 Å². The fourth-order valence-corrected chi connectivity index (χ4v) is 1.66. The molecule has 74 valence electrons. The van der Waals surface area contributed by atoms with Crippen LogP contribution in [0.1, 0.15) is 31.0 Å². The van der Waals surface area contributed by atoms with Crippen LogP contribution in [0.15, 0.2) is 15.0 Å². The second-order valence-electron chi connectivity index (χ2n) is 2.78. The van der Waals surface area contributed by atoms with Gasteiger partial charge in [0.05, 0.1) is 4.47 Å². The topological polar surface area (TPSA) is 42.6 Å². The number of methoxy groups -OCH3 is 1. The summed E-state index contributed by atoms with van der Waals surface area (Å²) in [6, 6.07) is 1.82. The average molecular weight is 249 g/mol. The van der Waals surface area contributed by atoms with Crippen LogP contribution in [0.3, 0.4) is 0 Å². The van der Waals surface area contributed by atoms with Gasteiger partial charge in [-0.15, -0.1) is 0 Å². The summed E-state index contributed by atoms with van der Waals surface area (Å²) in [6.45, 7) is 2.32. The zero-order chi connectivity index (χ0) is 9.84. The standard InChI is InChI=1S/C9H13BrO3/c1-3-8(11)9-7(10)4-6(13-9)5-12-2/h4,8,11H,3,5H2,1-2H3/t8-/m1/s1. The van der Waals surface area contributed by atoms with Crippen molar-refractivity contribution in [2.75, 3.05) is 7.11 Å². The third-order valence-electron chi connectivity index (χ3n) is 1.74. The van der Waals surface area contributed by atoms with E-state index < -0.39 is 6.10 Å². The van der Waals surface area contributed by atoms with Crippen molar-refractivity contribution in [1.82, 2.24) is 0 Å². The van der Waals surface area contributed by atoms with Crippen LogP contribution in [-0.2, 0) is 11.3 Å². The summed E-state index contributed by atoms with van der Waals surface area (Å²) in [5.41, 5.74) is 0. The lowest BCUT2D eigenvalue weighted by Crippen LogP contribution is -1.93. The minimum atomic E-state index is -0.542. The highest BCUT2D eigenvalue weighted by Gasteiger charge is 2.15. The van der Waals surface area contributed by atoms with Crippen molar-refractivity contribution in [1.29, 1.82) is 0 Å². The van der Waals surface area contributed by atoms with Crippen LogP contribution >= 0.6 is 15.9 Å². The van der Waals surface area contributed by atoms with Crippen molar-refractivity contribution in [3.8, 4) is 0 Å². The number of rotatable bonds is 4.